The average molecular weight is 425 g/mol. The Bertz CT molecular complexity index is 512. The summed E-state index contributed by atoms with van der Waals surface area (Å²) >= 11 is 0. The van der Waals surface area contributed by atoms with Gasteiger partial charge in [-0.15, -0.1) is 0 Å². The van der Waals surface area contributed by atoms with Crippen LogP contribution < -0.4 is 0 Å². The number of allylic oxidation sites excluding steroid dienone is 2. The highest BCUT2D eigenvalue weighted by molar-refractivity contribution is 6.73. The Kier molecular flexibility index (Phi) is 14.6. The Morgan fingerprint density at radius 2 is 1.59 bits per heavy atom. The molecule has 3 atom stereocenters. The lowest BCUT2D eigenvalue weighted by Crippen LogP contribution is -2.40. The molecule has 0 amide bonds. The molecule has 0 unspecified atom stereocenters. The van der Waals surface area contributed by atoms with Crippen LogP contribution in [0.2, 0.25) is 18.1 Å². The highest BCUT2D eigenvalue weighted by Crippen LogP contribution is 2.30. The van der Waals surface area contributed by atoms with E-state index in [9.17, 15) is 4.79 Å². The molecule has 170 valence electrons. The molecule has 0 N–H and O–H groups in total. The van der Waals surface area contributed by atoms with Gasteiger partial charge in [0.2, 0.25) is 0 Å². The number of hydrogen-bond acceptors (Lipinski definition) is 3. The molecule has 0 saturated heterocycles. The number of esters is 1. The molecule has 0 aromatic rings. The Labute approximate surface area is 182 Å². The first-order chi connectivity index (χ1) is 13.7. The molecule has 0 bridgehead atoms. The van der Waals surface area contributed by atoms with Crippen molar-refractivity contribution < 1.29 is 14.0 Å². The van der Waals surface area contributed by atoms with Gasteiger partial charge in [-0.2, -0.15) is 0 Å². The normalized spacial score (nSPS) is 16.4. The minimum atomic E-state index is -1.72. The Morgan fingerprint density at radius 1 is 1.00 bits per heavy atom. The third-order valence-electron chi connectivity index (χ3n) is 6.43. The number of unbranched alkanes of at least 4 members (excludes halogenated alkanes) is 1. The molecule has 0 rings (SSSR count). The summed E-state index contributed by atoms with van der Waals surface area (Å²) < 4.78 is 11.7. The molecule has 0 fully saturated rings. The van der Waals surface area contributed by atoms with Crippen LogP contribution in [0.1, 0.15) is 87.5 Å². The van der Waals surface area contributed by atoms with Crippen molar-refractivity contribution in [3.05, 3.63) is 23.3 Å². The monoisotopic (exact) mass is 424 g/mol. The third kappa shape index (κ3) is 10.6. The molecule has 0 aromatic carbocycles. The van der Waals surface area contributed by atoms with Crippen LogP contribution >= 0.6 is 0 Å². The average Bonchev–Trinajstić information content (AvgIpc) is 2.71. The second kappa shape index (κ2) is 15.0. The first-order valence-corrected chi connectivity index (χ1v) is 14.3. The summed E-state index contributed by atoms with van der Waals surface area (Å²) in [5.41, 5.74) is 2.63. The van der Waals surface area contributed by atoms with Crippen LogP contribution in [-0.2, 0) is 14.0 Å². The Hall–Kier alpha value is -0.873. The molecular weight excluding hydrogens is 376 g/mol. The van der Waals surface area contributed by atoms with Crippen LogP contribution in [0, 0.1) is 11.8 Å². The van der Waals surface area contributed by atoms with Gasteiger partial charge < -0.3 is 9.16 Å². The third-order valence-corrected chi connectivity index (χ3v) is 11.0. The summed E-state index contributed by atoms with van der Waals surface area (Å²) in [7, 11) is -0.272. The van der Waals surface area contributed by atoms with E-state index in [0.29, 0.717) is 12.3 Å². The van der Waals surface area contributed by atoms with E-state index in [1.165, 1.54) is 31.1 Å². The van der Waals surface area contributed by atoms with Gasteiger partial charge in [0.15, 0.2) is 8.32 Å². The minimum Gasteiger partial charge on any atom is -0.469 e. The Balaban J connectivity index is 5.49. The fraction of sp³-hybridized carbons (Fsp3) is 0.800. The maximum absolute atomic E-state index is 11.4. The van der Waals surface area contributed by atoms with Gasteiger partial charge in [0.1, 0.15) is 0 Å². The smallest absolute Gasteiger partial charge is 0.305 e. The summed E-state index contributed by atoms with van der Waals surface area (Å²) in [5, 5.41) is 0. The van der Waals surface area contributed by atoms with Gasteiger partial charge >= 0.3 is 5.97 Å². The second-order valence-electron chi connectivity index (χ2n) is 8.80. The van der Waals surface area contributed by atoms with E-state index in [-0.39, 0.29) is 12.1 Å². The van der Waals surface area contributed by atoms with E-state index in [1.54, 1.807) is 0 Å². The van der Waals surface area contributed by atoms with E-state index in [2.05, 4.69) is 67.5 Å². The van der Waals surface area contributed by atoms with E-state index in [0.717, 1.165) is 36.9 Å². The summed E-state index contributed by atoms with van der Waals surface area (Å²) in [6.45, 7) is 18.2. The van der Waals surface area contributed by atoms with Gasteiger partial charge in [-0.25, -0.2) is 0 Å². The molecule has 0 saturated carbocycles. The van der Waals surface area contributed by atoms with E-state index >= 15 is 0 Å². The maximum atomic E-state index is 11.4. The number of methoxy groups -OCH3 is 1. The van der Waals surface area contributed by atoms with E-state index in [1.807, 2.05) is 0 Å². The second-order valence-corrected chi connectivity index (χ2v) is 13.5. The van der Waals surface area contributed by atoms with Crippen molar-refractivity contribution in [3.8, 4) is 0 Å². The lowest BCUT2D eigenvalue weighted by atomic mass is 9.92. The van der Waals surface area contributed by atoms with Crippen molar-refractivity contribution in [1.29, 1.82) is 0 Å². The first kappa shape index (κ1) is 28.1. The van der Waals surface area contributed by atoms with Gasteiger partial charge in [0, 0.05) is 6.42 Å². The van der Waals surface area contributed by atoms with Crippen molar-refractivity contribution in [2.75, 3.05) is 7.11 Å². The molecule has 0 aliphatic heterocycles. The fourth-order valence-electron chi connectivity index (χ4n) is 3.99. The molecular formula is C25H48O3Si. The van der Waals surface area contributed by atoms with Crippen LogP contribution in [0.25, 0.3) is 0 Å². The molecule has 0 spiro atoms. The predicted molar refractivity (Wildman–Crippen MR) is 129 cm³/mol. The first-order valence-electron chi connectivity index (χ1n) is 11.8. The van der Waals surface area contributed by atoms with Gasteiger partial charge in [-0.3, -0.25) is 4.79 Å². The summed E-state index contributed by atoms with van der Waals surface area (Å²) in [6, 6.07) is 3.46. The van der Waals surface area contributed by atoms with Crippen molar-refractivity contribution in [1.82, 2.24) is 0 Å². The van der Waals surface area contributed by atoms with Crippen LogP contribution in [0.5, 0.6) is 0 Å². The quantitative estimate of drug-likeness (QED) is 0.117. The van der Waals surface area contributed by atoms with Crippen LogP contribution in [-0.4, -0.2) is 27.5 Å². The minimum absolute atomic E-state index is 0.0685. The Morgan fingerprint density at radius 3 is 2.07 bits per heavy atom. The number of carbonyl (C=O) groups excluding carboxylic acids is 1. The number of hydrogen-bond donors (Lipinski definition) is 0. The zero-order valence-corrected chi connectivity index (χ0v) is 21.8. The maximum Gasteiger partial charge on any atom is 0.305 e. The van der Waals surface area contributed by atoms with Crippen LogP contribution in [0.4, 0.5) is 0 Å². The van der Waals surface area contributed by atoms with Crippen molar-refractivity contribution in [2.45, 2.75) is 112 Å². The van der Waals surface area contributed by atoms with Gasteiger partial charge in [0.25, 0.3) is 0 Å². The topological polar surface area (TPSA) is 35.5 Å². The SMILES string of the molecule is CC[C@@H](C)C[C@H](C)/C=C(\C)[C@@H](O[Si](CC)(CC)CC)/C(C)=C/CCCC(=O)OC. The molecule has 0 aliphatic rings. The molecule has 0 radical (unpaired) electrons. The van der Waals surface area contributed by atoms with E-state index < -0.39 is 8.32 Å². The molecule has 0 aliphatic carbocycles. The van der Waals surface area contributed by atoms with Crippen molar-refractivity contribution >= 4 is 14.3 Å². The molecule has 29 heavy (non-hydrogen) atoms. The standard InChI is InChI=1S/C25H48O3Si/c1-10-20(5)18-21(6)19-23(8)25(28-29(11-2,12-3)13-4)22(7)16-14-15-17-24(26)27-9/h16,19-21,25H,10-15,17-18H2,1-9H3/b22-16+,23-19+/t20-,21+,25+/m1/s1. The van der Waals surface area contributed by atoms with Crippen molar-refractivity contribution in [2.24, 2.45) is 11.8 Å². The molecule has 0 heterocycles. The predicted octanol–water partition coefficient (Wildman–Crippen LogP) is 7.69. The summed E-state index contributed by atoms with van der Waals surface area (Å²) in [6.07, 6.45) is 9.40. The lowest BCUT2D eigenvalue weighted by Gasteiger charge is -2.35. The number of rotatable bonds is 15. The zero-order valence-electron chi connectivity index (χ0n) is 20.8. The van der Waals surface area contributed by atoms with Gasteiger partial charge in [-0.05, 0) is 74.2 Å². The highest BCUT2D eigenvalue weighted by atomic mass is 28.4. The van der Waals surface area contributed by atoms with Crippen molar-refractivity contribution in [3.63, 3.8) is 0 Å². The number of ether oxygens (including phenoxy) is 1. The number of carbonyl (C=O) groups is 1. The van der Waals surface area contributed by atoms with Gasteiger partial charge in [-0.1, -0.05) is 60.1 Å². The lowest BCUT2D eigenvalue weighted by molar-refractivity contribution is -0.140. The molecule has 4 heteroatoms. The fourth-order valence-corrected chi connectivity index (χ4v) is 6.86. The zero-order chi connectivity index (χ0) is 22.4. The van der Waals surface area contributed by atoms with Gasteiger partial charge in [0.05, 0.1) is 13.2 Å². The van der Waals surface area contributed by atoms with E-state index in [4.69, 9.17) is 9.16 Å². The molecule has 0 aromatic heterocycles. The highest BCUT2D eigenvalue weighted by Gasteiger charge is 2.33. The van der Waals surface area contributed by atoms with Crippen LogP contribution in [0.15, 0.2) is 23.3 Å². The largest absolute Gasteiger partial charge is 0.469 e. The molecule has 3 nitrogen and oxygen atoms in total. The summed E-state index contributed by atoms with van der Waals surface area (Å²) in [4.78, 5) is 11.4. The van der Waals surface area contributed by atoms with Crippen LogP contribution in [0.3, 0.4) is 0 Å². The summed E-state index contributed by atoms with van der Waals surface area (Å²) in [5.74, 6) is 1.18.